The van der Waals surface area contributed by atoms with Crippen LogP contribution in [-0.4, -0.2) is 18.5 Å². The van der Waals surface area contributed by atoms with E-state index in [1.807, 2.05) is 25.1 Å². The lowest BCUT2D eigenvalue weighted by Crippen LogP contribution is -2.29. The third kappa shape index (κ3) is 5.46. The number of hydrogen-bond acceptors (Lipinski definition) is 3. The van der Waals surface area contributed by atoms with Gasteiger partial charge in [-0.15, -0.1) is 0 Å². The molecule has 0 spiro atoms. The van der Waals surface area contributed by atoms with Gasteiger partial charge in [-0.05, 0) is 18.6 Å². The Kier molecular flexibility index (Phi) is 6.01. The van der Waals surface area contributed by atoms with Crippen LogP contribution >= 0.6 is 0 Å². The van der Waals surface area contributed by atoms with E-state index >= 15 is 0 Å². The van der Waals surface area contributed by atoms with Gasteiger partial charge in [0.15, 0.2) is 6.61 Å². The second kappa shape index (κ2) is 8.19. The Bertz CT molecular complexity index is 747. The van der Waals surface area contributed by atoms with Crippen molar-refractivity contribution >= 4 is 11.9 Å². The number of esters is 1. The van der Waals surface area contributed by atoms with Crippen LogP contribution in [-0.2, 0) is 27.3 Å². The second-order valence-electron chi connectivity index (χ2n) is 5.34. The molecule has 6 heteroatoms. The van der Waals surface area contributed by atoms with Gasteiger partial charge < -0.3 is 10.1 Å². The highest BCUT2D eigenvalue weighted by Gasteiger charge is 2.10. The quantitative estimate of drug-likeness (QED) is 0.827. The first-order chi connectivity index (χ1) is 11.4. The molecule has 24 heavy (non-hydrogen) atoms. The number of amides is 1. The molecule has 0 aromatic heterocycles. The zero-order valence-electron chi connectivity index (χ0n) is 13.1. The summed E-state index contributed by atoms with van der Waals surface area (Å²) in [7, 11) is 0. The molecule has 2 aromatic carbocycles. The zero-order valence-corrected chi connectivity index (χ0v) is 13.1. The van der Waals surface area contributed by atoms with E-state index in [1.165, 1.54) is 6.07 Å². The smallest absolute Gasteiger partial charge is 0.310 e. The van der Waals surface area contributed by atoms with Gasteiger partial charge in [-0.2, -0.15) is 0 Å². The van der Waals surface area contributed by atoms with Crippen LogP contribution in [0, 0.1) is 18.6 Å². The molecule has 0 bridgehead atoms. The molecule has 0 atom stereocenters. The minimum Gasteiger partial charge on any atom is -0.455 e. The Morgan fingerprint density at radius 3 is 2.62 bits per heavy atom. The molecule has 0 heterocycles. The third-order valence-electron chi connectivity index (χ3n) is 3.29. The van der Waals surface area contributed by atoms with Gasteiger partial charge in [-0.1, -0.05) is 35.9 Å². The summed E-state index contributed by atoms with van der Waals surface area (Å²) in [6.07, 6.45) is 0.0710. The first-order valence-electron chi connectivity index (χ1n) is 7.36. The Hall–Kier alpha value is -2.76. The van der Waals surface area contributed by atoms with Crippen LogP contribution < -0.4 is 5.32 Å². The molecule has 0 unspecified atom stereocenters. The van der Waals surface area contributed by atoms with E-state index < -0.39 is 30.1 Å². The molecule has 0 radical (unpaired) electrons. The lowest BCUT2D eigenvalue weighted by Gasteiger charge is -2.08. The van der Waals surface area contributed by atoms with Crippen LogP contribution in [0.3, 0.4) is 0 Å². The normalized spacial score (nSPS) is 10.3. The number of carbonyl (C=O) groups is 2. The van der Waals surface area contributed by atoms with E-state index in [4.69, 9.17) is 4.74 Å². The van der Waals surface area contributed by atoms with Gasteiger partial charge in [0, 0.05) is 18.2 Å². The fourth-order valence-electron chi connectivity index (χ4n) is 2.10. The fraction of sp³-hybridized carbons (Fsp3) is 0.222. The van der Waals surface area contributed by atoms with Crippen molar-refractivity contribution in [3.05, 3.63) is 70.8 Å². The highest BCUT2D eigenvalue weighted by Crippen LogP contribution is 2.09. The number of rotatable bonds is 6. The van der Waals surface area contributed by atoms with Crippen LogP contribution in [0.4, 0.5) is 8.78 Å². The van der Waals surface area contributed by atoms with Gasteiger partial charge in [0.1, 0.15) is 11.6 Å². The molecule has 0 aliphatic carbocycles. The molecule has 0 fully saturated rings. The summed E-state index contributed by atoms with van der Waals surface area (Å²) in [6, 6.07) is 10.5. The standard InChI is InChI=1S/C18H17F2NO3/c1-12-3-2-4-13(7-12)8-18(23)24-11-17(22)21-10-14-5-6-15(19)9-16(14)20/h2-7,9H,8,10-11H2,1H3,(H,21,22). The van der Waals surface area contributed by atoms with Crippen molar-refractivity contribution in [1.29, 1.82) is 0 Å². The van der Waals surface area contributed by atoms with Gasteiger partial charge in [-0.25, -0.2) is 8.78 Å². The Balaban J connectivity index is 1.75. The molecule has 0 aliphatic rings. The molecule has 1 amide bonds. The summed E-state index contributed by atoms with van der Waals surface area (Å²) in [4.78, 5) is 23.3. The van der Waals surface area contributed by atoms with Crippen molar-refractivity contribution in [1.82, 2.24) is 5.32 Å². The zero-order chi connectivity index (χ0) is 17.5. The van der Waals surface area contributed by atoms with Gasteiger partial charge >= 0.3 is 5.97 Å². The maximum absolute atomic E-state index is 13.4. The summed E-state index contributed by atoms with van der Waals surface area (Å²) in [5, 5.41) is 2.41. The molecule has 0 saturated carbocycles. The fourth-order valence-corrected chi connectivity index (χ4v) is 2.10. The van der Waals surface area contributed by atoms with Crippen molar-refractivity contribution in [2.75, 3.05) is 6.61 Å². The maximum atomic E-state index is 13.4. The molecule has 2 aromatic rings. The predicted molar refractivity (Wildman–Crippen MR) is 84.0 cm³/mol. The summed E-state index contributed by atoms with van der Waals surface area (Å²) in [6.45, 7) is 1.35. The van der Waals surface area contributed by atoms with Gasteiger partial charge in [0.25, 0.3) is 5.91 Å². The molecule has 0 aliphatic heterocycles. The van der Waals surface area contributed by atoms with Crippen molar-refractivity contribution in [2.24, 2.45) is 0 Å². The topological polar surface area (TPSA) is 55.4 Å². The number of nitrogens with one attached hydrogen (secondary N) is 1. The molecule has 126 valence electrons. The van der Waals surface area contributed by atoms with E-state index in [2.05, 4.69) is 5.32 Å². The van der Waals surface area contributed by atoms with E-state index in [0.29, 0.717) is 0 Å². The van der Waals surface area contributed by atoms with Crippen LogP contribution in [0.1, 0.15) is 16.7 Å². The molecule has 0 saturated heterocycles. The average Bonchev–Trinajstić information content (AvgIpc) is 2.52. The lowest BCUT2D eigenvalue weighted by molar-refractivity contribution is -0.147. The van der Waals surface area contributed by atoms with Crippen LogP contribution in [0.5, 0.6) is 0 Å². The predicted octanol–water partition coefficient (Wildman–Crippen LogP) is 2.68. The Morgan fingerprint density at radius 2 is 1.92 bits per heavy atom. The monoisotopic (exact) mass is 333 g/mol. The molecule has 4 nitrogen and oxygen atoms in total. The SMILES string of the molecule is Cc1cccc(CC(=O)OCC(=O)NCc2ccc(F)cc2F)c1. The number of carbonyl (C=O) groups excluding carboxylic acids is 2. The number of benzene rings is 2. The van der Waals surface area contributed by atoms with Crippen molar-refractivity contribution in [3.8, 4) is 0 Å². The minimum atomic E-state index is -0.744. The maximum Gasteiger partial charge on any atom is 0.310 e. The number of halogens is 2. The van der Waals surface area contributed by atoms with E-state index in [0.717, 1.165) is 23.3 Å². The summed E-state index contributed by atoms with van der Waals surface area (Å²) < 4.78 is 31.1. The molecular weight excluding hydrogens is 316 g/mol. The minimum absolute atomic E-state index is 0.0710. The summed E-state index contributed by atoms with van der Waals surface area (Å²) in [5.41, 5.74) is 1.98. The molecular formula is C18H17F2NO3. The van der Waals surface area contributed by atoms with E-state index in [9.17, 15) is 18.4 Å². The Morgan fingerprint density at radius 1 is 1.12 bits per heavy atom. The summed E-state index contributed by atoms with van der Waals surface area (Å²) in [5.74, 6) is -2.51. The van der Waals surface area contributed by atoms with Crippen molar-refractivity contribution in [3.63, 3.8) is 0 Å². The first-order valence-corrected chi connectivity index (χ1v) is 7.36. The van der Waals surface area contributed by atoms with Crippen LogP contribution in [0.25, 0.3) is 0 Å². The number of aryl methyl sites for hydroxylation is 1. The van der Waals surface area contributed by atoms with E-state index in [-0.39, 0.29) is 18.5 Å². The van der Waals surface area contributed by atoms with Crippen LogP contribution in [0.2, 0.25) is 0 Å². The van der Waals surface area contributed by atoms with Crippen LogP contribution in [0.15, 0.2) is 42.5 Å². The number of ether oxygens (including phenoxy) is 1. The number of hydrogen-bond donors (Lipinski definition) is 1. The summed E-state index contributed by atoms with van der Waals surface area (Å²) >= 11 is 0. The second-order valence-corrected chi connectivity index (χ2v) is 5.34. The highest BCUT2D eigenvalue weighted by atomic mass is 19.1. The van der Waals surface area contributed by atoms with Crippen molar-refractivity contribution < 1.29 is 23.1 Å². The Labute approximate surface area is 138 Å². The van der Waals surface area contributed by atoms with Gasteiger partial charge in [-0.3, -0.25) is 9.59 Å². The largest absolute Gasteiger partial charge is 0.455 e. The van der Waals surface area contributed by atoms with Gasteiger partial charge in [0.2, 0.25) is 0 Å². The molecule has 1 N–H and O–H groups in total. The highest BCUT2D eigenvalue weighted by molar-refractivity contribution is 5.81. The molecule has 2 rings (SSSR count). The lowest BCUT2D eigenvalue weighted by atomic mass is 10.1. The third-order valence-corrected chi connectivity index (χ3v) is 3.29. The van der Waals surface area contributed by atoms with E-state index in [1.54, 1.807) is 6.07 Å². The average molecular weight is 333 g/mol. The van der Waals surface area contributed by atoms with Crippen molar-refractivity contribution in [2.45, 2.75) is 19.9 Å². The first kappa shape index (κ1) is 17.6. The van der Waals surface area contributed by atoms with Gasteiger partial charge in [0.05, 0.1) is 6.42 Å².